The molecule has 3 N–H and O–H groups in total. The molecule has 0 saturated heterocycles. The van der Waals surface area contributed by atoms with E-state index in [1.165, 1.54) is 19.3 Å². The van der Waals surface area contributed by atoms with Gasteiger partial charge in [0.25, 0.3) is 0 Å². The van der Waals surface area contributed by atoms with Crippen LogP contribution in [-0.4, -0.2) is 6.04 Å². The molecule has 1 aliphatic carbocycles. The van der Waals surface area contributed by atoms with E-state index in [9.17, 15) is 0 Å². The minimum absolute atomic E-state index is 0.466. The fraction of sp³-hybridized carbons (Fsp3) is 0.833. The molecule has 0 spiro atoms. The maximum Gasteiger partial charge on any atom is 0.0250 e. The zero-order chi connectivity index (χ0) is 10.4. The van der Waals surface area contributed by atoms with Crippen molar-refractivity contribution in [2.45, 2.75) is 52.0 Å². The first-order valence-corrected chi connectivity index (χ1v) is 5.65. The summed E-state index contributed by atoms with van der Waals surface area (Å²) >= 11 is 0. The van der Waals surface area contributed by atoms with Crippen LogP contribution < -0.4 is 11.3 Å². The second-order valence-electron chi connectivity index (χ2n) is 4.31. The van der Waals surface area contributed by atoms with Crippen LogP contribution in [0.5, 0.6) is 0 Å². The summed E-state index contributed by atoms with van der Waals surface area (Å²) in [6, 6.07) is 0.466. The van der Waals surface area contributed by atoms with Gasteiger partial charge < -0.3 is 0 Å². The van der Waals surface area contributed by atoms with Crippen molar-refractivity contribution in [3.8, 4) is 11.8 Å². The summed E-state index contributed by atoms with van der Waals surface area (Å²) in [6.07, 6.45) is 6.11. The molecule has 1 saturated carbocycles. The topological polar surface area (TPSA) is 38.0 Å². The molecule has 3 atom stereocenters. The largest absolute Gasteiger partial charge is 0.271 e. The van der Waals surface area contributed by atoms with E-state index in [0.717, 1.165) is 24.7 Å². The van der Waals surface area contributed by atoms with Gasteiger partial charge in [0.1, 0.15) is 0 Å². The zero-order valence-electron chi connectivity index (χ0n) is 9.34. The van der Waals surface area contributed by atoms with Crippen molar-refractivity contribution in [3.63, 3.8) is 0 Å². The second-order valence-corrected chi connectivity index (χ2v) is 4.31. The highest BCUT2D eigenvalue weighted by atomic mass is 15.2. The molecule has 14 heavy (non-hydrogen) atoms. The smallest absolute Gasteiger partial charge is 0.0250 e. The van der Waals surface area contributed by atoms with E-state index in [2.05, 4.69) is 24.2 Å². The van der Waals surface area contributed by atoms with Crippen molar-refractivity contribution in [1.29, 1.82) is 0 Å². The van der Waals surface area contributed by atoms with Gasteiger partial charge in [0, 0.05) is 12.5 Å². The highest BCUT2D eigenvalue weighted by Crippen LogP contribution is 2.34. The van der Waals surface area contributed by atoms with Gasteiger partial charge >= 0.3 is 0 Å². The normalized spacial score (nSPS) is 28.2. The quantitative estimate of drug-likeness (QED) is 0.408. The molecule has 1 fully saturated rings. The first kappa shape index (κ1) is 11.6. The molecule has 1 rings (SSSR count). The van der Waals surface area contributed by atoms with Gasteiger partial charge in [-0.3, -0.25) is 11.3 Å². The Morgan fingerprint density at radius 2 is 2.29 bits per heavy atom. The Kier molecular flexibility index (Phi) is 5.00. The zero-order valence-corrected chi connectivity index (χ0v) is 9.34. The molecule has 0 aromatic heterocycles. The van der Waals surface area contributed by atoms with Crippen molar-refractivity contribution in [1.82, 2.24) is 5.43 Å². The van der Waals surface area contributed by atoms with Crippen molar-refractivity contribution < 1.29 is 0 Å². The number of hydrogen-bond donors (Lipinski definition) is 2. The highest BCUT2D eigenvalue weighted by molar-refractivity contribution is 4.96. The van der Waals surface area contributed by atoms with Crippen molar-refractivity contribution in [3.05, 3.63) is 0 Å². The molecule has 0 heterocycles. The molecular formula is C12H22N2. The van der Waals surface area contributed by atoms with Gasteiger partial charge in [-0.05, 0) is 31.6 Å². The molecule has 0 bridgehead atoms. The van der Waals surface area contributed by atoms with Gasteiger partial charge in [-0.1, -0.05) is 19.8 Å². The van der Waals surface area contributed by atoms with E-state index in [1.807, 2.05) is 6.92 Å². The van der Waals surface area contributed by atoms with Crippen LogP contribution in [0.2, 0.25) is 0 Å². The Hall–Kier alpha value is -0.520. The lowest BCUT2D eigenvalue weighted by Crippen LogP contribution is -2.41. The molecule has 80 valence electrons. The number of rotatable bonds is 4. The number of hydrogen-bond acceptors (Lipinski definition) is 2. The van der Waals surface area contributed by atoms with E-state index in [1.54, 1.807) is 0 Å². The van der Waals surface area contributed by atoms with Gasteiger partial charge in [0.2, 0.25) is 0 Å². The fourth-order valence-corrected chi connectivity index (χ4v) is 2.55. The van der Waals surface area contributed by atoms with Gasteiger partial charge in [0.05, 0.1) is 0 Å². The van der Waals surface area contributed by atoms with Crippen LogP contribution in [0, 0.1) is 23.7 Å². The number of hydrazine groups is 1. The summed E-state index contributed by atoms with van der Waals surface area (Å²) in [5.41, 5.74) is 2.97. The average Bonchev–Trinajstić information content (AvgIpc) is 2.60. The monoisotopic (exact) mass is 194 g/mol. The lowest BCUT2D eigenvalue weighted by Gasteiger charge is -2.25. The van der Waals surface area contributed by atoms with Gasteiger partial charge in [-0.25, -0.2) is 0 Å². The molecule has 3 unspecified atom stereocenters. The lowest BCUT2D eigenvalue weighted by atomic mass is 9.88. The first-order valence-electron chi connectivity index (χ1n) is 5.65. The highest BCUT2D eigenvalue weighted by Gasteiger charge is 2.29. The average molecular weight is 194 g/mol. The second kappa shape index (κ2) is 6.06. The van der Waals surface area contributed by atoms with E-state index in [0.29, 0.717) is 6.04 Å². The number of nitrogens with two attached hydrogens (primary N) is 1. The third-order valence-electron chi connectivity index (χ3n) is 3.42. The molecule has 0 aromatic carbocycles. The van der Waals surface area contributed by atoms with E-state index in [4.69, 9.17) is 5.84 Å². The summed E-state index contributed by atoms with van der Waals surface area (Å²) in [5, 5.41) is 0. The van der Waals surface area contributed by atoms with Gasteiger partial charge in [-0.15, -0.1) is 11.8 Å². The first-order chi connectivity index (χ1) is 6.79. The Balaban J connectivity index is 2.38. The molecule has 0 aromatic rings. The Morgan fingerprint density at radius 3 is 2.79 bits per heavy atom. The maximum absolute atomic E-state index is 5.60. The molecule has 0 radical (unpaired) electrons. The predicted octanol–water partition coefficient (Wildman–Crippen LogP) is 2.06. The lowest BCUT2D eigenvalue weighted by molar-refractivity contribution is 0.288. The van der Waals surface area contributed by atoms with E-state index >= 15 is 0 Å². The minimum atomic E-state index is 0.466. The Labute approximate surface area is 87.6 Å². The van der Waals surface area contributed by atoms with Crippen molar-refractivity contribution in [2.75, 3.05) is 0 Å². The van der Waals surface area contributed by atoms with Crippen LogP contribution in [0.1, 0.15) is 46.0 Å². The summed E-state index contributed by atoms with van der Waals surface area (Å²) in [4.78, 5) is 0. The fourth-order valence-electron chi connectivity index (χ4n) is 2.55. The molecule has 1 aliphatic rings. The third-order valence-corrected chi connectivity index (χ3v) is 3.42. The Morgan fingerprint density at radius 1 is 1.50 bits per heavy atom. The van der Waals surface area contributed by atoms with Crippen LogP contribution >= 0.6 is 0 Å². The number of nitrogens with one attached hydrogen (secondary N) is 1. The summed E-state index contributed by atoms with van der Waals surface area (Å²) in [5.74, 6) is 13.2. The van der Waals surface area contributed by atoms with Crippen molar-refractivity contribution in [2.24, 2.45) is 17.7 Å². The van der Waals surface area contributed by atoms with Gasteiger partial charge in [0.15, 0.2) is 0 Å². The molecule has 0 amide bonds. The van der Waals surface area contributed by atoms with Crippen LogP contribution in [-0.2, 0) is 0 Å². The van der Waals surface area contributed by atoms with Crippen LogP contribution in [0.25, 0.3) is 0 Å². The summed E-state index contributed by atoms with van der Waals surface area (Å²) < 4.78 is 0. The maximum atomic E-state index is 5.60. The van der Waals surface area contributed by atoms with Crippen LogP contribution in [0.4, 0.5) is 0 Å². The molecular weight excluding hydrogens is 172 g/mol. The standard InChI is InChI=1S/C12H22N2/c1-3-4-5-9-12(14-13)11-8-6-7-10(11)2/h10-12,14H,5-9,13H2,1-2H3. The molecule has 2 heteroatoms. The molecule has 2 nitrogen and oxygen atoms in total. The van der Waals surface area contributed by atoms with E-state index < -0.39 is 0 Å². The van der Waals surface area contributed by atoms with Gasteiger partial charge in [-0.2, -0.15) is 0 Å². The van der Waals surface area contributed by atoms with Crippen molar-refractivity contribution >= 4 is 0 Å². The minimum Gasteiger partial charge on any atom is -0.271 e. The van der Waals surface area contributed by atoms with Crippen LogP contribution in [0.15, 0.2) is 0 Å². The summed E-state index contributed by atoms with van der Waals surface area (Å²) in [6.45, 7) is 4.23. The molecule has 0 aliphatic heterocycles. The predicted molar refractivity (Wildman–Crippen MR) is 60.3 cm³/mol. The SMILES string of the molecule is CC#CCCC(NN)C1CCCC1C. The third kappa shape index (κ3) is 3.01. The van der Waals surface area contributed by atoms with Crippen LogP contribution in [0.3, 0.4) is 0 Å². The van der Waals surface area contributed by atoms with E-state index in [-0.39, 0.29) is 0 Å². The summed E-state index contributed by atoms with van der Waals surface area (Å²) in [7, 11) is 0. The Bertz CT molecular complexity index is 214.